The number of nitrogens with one attached hydrogen (secondary N) is 2. The van der Waals surface area contributed by atoms with E-state index in [2.05, 4.69) is 19.9 Å². The molecule has 0 spiro atoms. The second-order valence-electron chi connectivity index (χ2n) is 2.15. The van der Waals surface area contributed by atoms with E-state index >= 15 is 0 Å². The van der Waals surface area contributed by atoms with Crippen LogP contribution in [0.5, 0.6) is 0 Å². The van der Waals surface area contributed by atoms with E-state index in [9.17, 15) is 4.79 Å². The Balaban J connectivity index is 2.82. The molecule has 2 N–H and O–H groups in total. The Morgan fingerprint density at radius 2 is 2.25 bits per heavy atom. The van der Waals surface area contributed by atoms with Gasteiger partial charge in [-0.1, -0.05) is 0 Å². The first kappa shape index (κ1) is 6.71. The van der Waals surface area contributed by atoms with E-state index in [-0.39, 0.29) is 5.69 Å². The fraction of sp³-hybridized carbons (Fsp3) is 0. The number of carbonyl (C=O) groups is 1. The van der Waals surface area contributed by atoms with E-state index in [1.54, 1.807) is 0 Å². The smallest absolute Gasteiger partial charge is 0.290 e. The van der Waals surface area contributed by atoms with Crippen molar-refractivity contribution in [1.29, 1.82) is 0 Å². The van der Waals surface area contributed by atoms with Gasteiger partial charge in [0.15, 0.2) is 11.3 Å². The van der Waals surface area contributed by atoms with E-state index in [1.807, 2.05) is 0 Å². The molecule has 1 amide bonds. The van der Waals surface area contributed by atoms with Crippen molar-refractivity contribution < 1.29 is 4.79 Å². The number of nitrogens with zero attached hydrogens (tertiary/aromatic N) is 3. The summed E-state index contributed by atoms with van der Waals surface area (Å²) in [5.74, 6) is -0.852. The predicted octanol–water partition coefficient (Wildman–Crippen LogP) is -0.224. The number of hydrogen-bond donors (Lipinski definition) is 1. The van der Waals surface area contributed by atoms with Gasteiger partial charge in [0.05, 0.1) is 6.33 Å². The van der Waals surface area contributed by atoms with Crippen LogP contribution >= 0.6 is 0 Å². The molecule has 0 unspecified atom stereocenters. The molecule has 0 fully saturated rings. The van der Waals surface area contributed by atoms with Gasteiger partial charge >= 0.3 is 0 Å². The van der Waals surface area contributed by atoms with Crippen LogP contribution in [0.15, 0.2) is 12.7 Å². The molecule has 0 aliphatic carbocycles. The molecule has 0 bridgehead atoms. The summed E-state index contributed by atoms with van der Waals surface area (Å²) < 4.78 is 0. The molecular weight excluding hydrogens is 158 g/mol. The Hall–Kier alpha value is -1.98. The van der Waals surface area contributed by atoms with Gasteiger partial charge in [0.1, 0.15) is 11.8 Å². The van der Waals surface area contributed by atoms with E-state index in [0.717, 1.165) is 0 Å². The Labute approximate surface area is 66.8 Å². The van der Waals surface area contributed by atoms with Gasteiger partial charge in [-0.3, -0.25) is 10.5 Å². The lowest BCUT2D eigenvalue weighted by Gasteiger charge is -1.91. The van der Waals surface area contributed by atoms with Crippen molar-refractivity contribution in [3.8, 4) is 0 Å². The molecule has 0 atom stereocenters. The molecule has 2 aromatic rings. The summed E-state index contributed by atoms with van der Waals surface area (Å²) >= 11 is 0. The fourth-order valence-corrected chi connectivity index (χ4v) is 0.931. The monoisotopic (exact) mass is 162 g/mol. The van der Waals surface area contributed by atoms with Gasteiger partial charge in [-0.2, -0.15) is 0 Å². The van der Waals surface area contributed by atoms with E-state index in [4.69, 9.17) is 5.73 Å². The molecule has 0 aromatic carbocycles. The van der Waals surface area contributed by atoms with Crippen molar-refractivity contribution in [2.45, 2.75) is 0 Å². The van der Waals surface area contributed by atoms with Crippen molar-refractivity contribution in [3.63, 3.8) is 0 Å². The molecule has 1 radical (unpaired) electrons. The number of imidazole rings is 1. The molecule has 2 heterocycles. The van der Waals surface area contributed by atoms with Gasteiger partial charge in [-0.15, -0.1) is 0 Å². The SMILES string of the molecule is [NH]C(=O)c1ncnc2[nH]cnc12. The number of aromatic amines is 1. The molecular formula is C6H4N5O. The average molecular weight is 162 g/mol. The summed E-state index contributed by atoms with van der Waals surface area (Å²) in [6.07, 6.45) is 2.63. The maximum Gasteiger partial charge on any atom is 0.290 e. The van der Waals surface area contributed by atoms with Crippen LogP contribution in [0.25, 0.3) is 11.2 Å². The zero-order chi connectivity index (χ0) is 8.55. The van der Waals surface area contributed by atoms with Crippen LogP contribution in [-0.2, 0) is 0 Å². The third kappa shape index (κ3) is 0.815. The largest absolute Gasteiger partial charge is 0.329 e. The molecule has 0 aliphatic heterocycles. The van der Waals surface area contributed by atoms with Gasteiger partial charge in [0.25, 0.3) is 5.91 Å². The molecule has 59 valence electrons. The molecule has 0 saturated heterocycles. The summed E-state index contributed by atoms with van der Waals surface area (Å²) in [4.78, 5) is 24.7. The number of hydrogen-bond acceptors (Lipinski definition) is 4. The normalized spacial score (nSPS) is 10.3. The van der Waals surface area contributed by atoms with Crippen molar-refractivity contribution in [2.75, 3.05) is 0 Å². The lowest BCUT2D eigenvalue weighted by atomic mass is 10.3. The van der Waals surface area contributed by atoms with Gasteiger partial charge in [0.2, 0.25) is 0 Å². The maximum absolute atomic E-state index is 10.7. The first-order valence-electron chi connectivity index (χ1n) is 3.19. The first-order chi connectivity index (χ1) is 5.79. The van der Waals surface area contributed by atoms with Crippen molar-refractivity contribution in [3.05, 3.63) is 18.3 Å². The Bertz CT molecular complexity index is 434. The molecule has 12 heavy (non-hydrogen) atoms. The number of fused-ring (bicyclic) bond motifs is 1. The maximum atomic E-state index is 10.7. The minimum Gasteiger partial charge on any atom is -0.329 e. The number of aromatic nitrogens is 4. The molecule has 0 aliphatic rings. The van der Waals surface area contributed by atoms with Gasteiger partial charge < -0.3 is 4.98 Å². The second kappa shape index (κ2) is 2.26. The van der Waals surface area contributed by atoms with Gasteiger partial charge in [0, 0.05) is 0 Å². The van der Waals surface area contributed by atoms with Crippen molar-refractivity contribution >= 4 is 17.1 Å². The molecule has 2 aromatic heterocycles. The lowest BCUT2D eigenvalue weighted by molar-refractivity contribution is 0.0989. The van der Waals surface area contributed by atoms with Gasteiger partial charge in [-0.05, 0) is 0 Å². The number of amides is 1. The summed E-state index contributed by atoms with van der Waals surface area (Å²) in [6, 6.07) is 0. The highest BCUT2D eigenvalue weighted by Crippen LogP contribution is 2.07. The molecule has 6 nitrogen and oxygen atoms in total. The molecule has 0 saturated carbocycles. The zero-order valence-electron chi connectivity index (χ0n) is 5.90. The van der Waals surface area contributed by atoms with Crippen LogP contribution in [-0.4, -0.2) is 25.8 Å². The van der Waals surface area contributed by atoms with Crippen LogP contribution in [0, 0.1) is 0 Å². The molecule has 2 rings (SSSR count). The van der Waals surface area contributed by atoms with Crippen LogP contribution in [0.3, 0.4) is 0 Å². The molecule has 6 heteroatoms. The first-order valence-corrected chi connectivity index (χ1v) is 3.19. The highest BCUT2D eigenvalue weighted by molar-refractivity contribution is 6.00. The minimum atomic E-state index is -0.852. The van der Waals surface area contributed by atoms with Crippen molar-refractivity contribution in [1.82, 2.24) is 25.7 Å². The summed E-state index contributed by atoms with van der Waals surface area (Å²) in [5, 5.41) is 0. The van der Waals surface area contributed by atoms with Crippen LogP contribution in [0.4, 0.5) is 0 Å². The van der Waals surface area contributed by atoms with E-state index in [0.29, 0.717) is 11.2 Å². The average Bonchev–Trinajstić information content (AvgIpc) is 2.49. The van der Waals surface area contributed by atoms with Crippen molar-refractivity contribution in [2.24, 2.45) is 0 Å². The lowest BCUT2D eigenvalue weighted by Crippen LogP contribution is -2.03. The van der Waals surface area contributed by atoms with Crippen LogP contribution < -0.4 is 5.73 Å². The minimum absolute atomic E-state index is 0.0289. The summed E-state index contributed by atoms with van der Waals surface area (Å²) in [5.41, 5.74) is 7.70. The topological polar surface area (TPSA) is 95.3 Å². The highest BCUT2D eigenvalue weighted by Gasteiger charge is 2.10. The van der Waals surface area contributed by atoms with E-state index in [1.165, 1.54) is 12.7 Å². The van der Waals surface area contributed by atoms with E-state index < -0.39 is 5.91 Å². The number of carbonyl (C=O) groups excluding carboxylic acids is 1. The Morgan fingerprint density at radius 3 is 3.00 bits per heavy atom. The standard InChI is InChI=1S/C6H4N5O/c7-5(12)3-4-6(10-1-8-3)11-2-9-4/h1-2,7H,(H,8,9,10,11). The Kier molecular flexibility index (Phi) is 1.26. The predicted molar refractivity (Wildman–Crippen MR) is 39.1 cm³/mol. The van der Waals surface area contributed by atoms with Crippen LogP contribution in [0.2, 0.25) is 0 Å². The zero-order valence-corrected chi connectivity index (χ0v) is 5.90. The summed E-state index contributed by atoms with van der Waals surface area (Å²) in [7, 11) is 0. The fourth-order valence-electron chi connectivity index (χ4n) is 0.931. The van der Waals surface area contributed by atoms with Crippen LogP contribution in [0.1, 0.15) is 10.5 Å². The quantitative estimate of drug-likeness (QED) is 0.626. The highest BCUT2D eigenvalue weighted by atomic mass is 16.1. The number of rotatable bonds is 1. The van der Waals surface area contributed by atoms with Gasteiger partial charge in [-0.25, -0.2) is 15.0 Å². The number of H-pyrrole nitrogens is 1. The second-order valence-corrected chi connectivity index (χ2v) is 2.15. The summed E-state index contributed by atoms with van der Waals surface area (Å²) in [6.45, 7) is 0. The third-order valence-corrected chi connectivity index (χ3v) is 1.43. The Morgan fingerprint density at radius 1 is 1.42 bits per heavy atom. The third-order valence-electron chi connectivity index (χ3n) is 1.43.